The van der Waals surface area contributed by atoms with Gasteiger partial charge in [-0.3, -0.25) is 14.9 Å². The molecule has 1 aliphatic rings. The van der Waals surface area contributed by atoms with Crippen LogP contribution in [0.1, 0.15) is 46.0 Å². The van der Waals surface area contributed by atoms with Crippen LogP contribution in [0, 0.1) is 5.92 Å². The molecule has 19 heavy (non-hydrogen) atoms. The van der Waals surface area contributed by atoms with Crippen molar-refractivity contribution in [3.63, 3.8) is 0 Å². The van der Waals surface area contributed by atoms with Gasteiger partial charge in [0.05, 0.1) is 6.54 Å². The second-order valence-corrected chi connectivity index (χ2v) is 5.70. The molecule has 0 spiro atoms. The Kier molecular flexibility index (Phi) is 6.84. The van der Waals surface area contributed by atoms with E-state index in [9.17, 15) is 9.59 Å². The topological polar surface area (TPSA) is 69.6 Å². The van der Waals surface area contributed by atoms with Gasteiger partial charge < -0.3 is 10.0 Å². The summed E-state index contributed by atoms with van der Waals surface area (Å²) in [6.07, 6.45) is 5.02. The van der Waals surface area contributed by atoms with E-state index < -0.39 is 12.0 Å². The first-order valence-corrected chi connectivity index (χ1v) is 7.24. The minimum absolute atomic E-state index is 0.0249. The van der Waals surface area contributed by atoms with Crippen LogP contribution in [0.15, 0.2) is 0 Å². The highest BCUT2D eigenvalue weighted by Gasteiger charge is 2.21. The molecular weight excluding hydrogens is 244 g/mol. The quantitative estimate of drug-likeness (QED) is 0.767. The Morgan fingerprint density at radius 1 is 1.16 bits per heavy atom. The van der Waals surface area contributed by atoms with E-state index in [0.717, 1.165) is 25.9 Å². The molecule has 110 valence electrons. The number of rotatable bonds is 6. The van der Waals surface area contributed by atoms with Crippen molar-refractivity contribution in [2.75, 3.05) is 19.6 Å². The highest BCUT2D eigenvalue weighted by Crippen LogP contribution is 2.10. The van der Waals surface area contributed by atoms with E-state index in [2.05, 4.69) is 5.32 Å². The lowest BCUT2D eigenvalue weighted by Crippen LogP contribution is -2.45. The van der Waals surface area contributed by atoms with Crippen LogP contribution in [-0.2, 0) is 9.59 Å². The van der Waals surface area contributed by atoms with Gasteiger partial charge in [-0.25, -0.2) is 0 Å². The summed E-state index contributed by atoms with van der Waals surface area (Å²) in [6, 6.07) is -0.629. The molecule has 0 unspecified atom stereocenters. The van der Waals surface area contributed by atoms with Crippen LogP contribution in [0.4, 0.5) is 0 Å². The standard InChI is InChI=1S/C14H26N2O3/c1-11(2)9-12(14(18)19)15-10-13(17)16-7-5-3-4-6-8-16/h11-12,15H,3-10H2,1-2H3,(H,18,19)/t12-/m0/s1. The lowest BCUT2D eigenvalue weighted by Gasteiger charge is -2.22. The molecule has 1 atom stereocenters. The Morgan fingerprint density at radius 2 is 1.74 bits per heavy atom. The SMILES string of the molecule is CC(C)C[C@H](NCC(=O)N1CCCCCC1)C(=O)O. The van der Waals surface area contributed by atoms with Crippen LogP contribution >= 0.6 is 0 Å². The number of hydrogen-bond donors (Lipinski definition) is 2. The Labute approximate surface area is 115 Å². The van der Waals surface area contributed by atoms with Crippen molar-refractivity contribution in [3.05, 3.63) is 0 Å². The van der Waals surface area contributed by atoms with Gasteiger partial charge in [0.15, 0.2) is 0 Å². The average Bonchev–Trinajstić information content (AvgIpc) is 2.62. The zero-order chi connectivity index (χ0) is 14.3. The lowest BCUT2D eigenvalue weighted by molar-refractivity contribution is -0.140. The lowest BCUT2D eigenvalue weighted by atomic mass is 10.0. The molecule has 1 fully saturated rings. The third-order valence-corrected chi connectivity index (χ3v) is 3.46. The minimum atomic E-state index is -0.877. The average molecular weight is 270 g/mol. The molecule has 0 aromatic carbocycles. The zero-order valence-electron chi connectivity index (χ0n) is 12.0. The first-order valence-electron chi connectivity index (χ1n) is 7.24. The van der Waals surface area contributed by atoms with Gasteiger partial charge in [-0.05, 0) is 25.2 Å². The molecular formula is C14H26N2O3. The molecule has 0 bridgehead atoms. The maximum absolute atomic E-state index is 12.0. The number of carboxylic acid groups (broad SMARTS) is 1. The van der Waals surface area contributed by atoms with Crippen LogP contribution in [0.2, 0.25) is 0 Å². The van der Waals surface area contributed by atoms with Crippen LogP contribution < -0.4 is 5.32 Å². The largest absolute Gasteiger partial charge is 0.480 e. The summed E-state index contributed by atoms with van der Waals surface area (Å²) in [4.78, 5) is 25.0. The molecule has 0 saturated carbocycles. The fourth-order valence-corrected chi connectivity index (χ4v) is 2.39. The maximum Gasteiger partial charge on any atom is 0.320 e. The summed E-state index contributed by atoms with van der Waals surface area (Å²) < 4.78 is 0. The van der Waals surface area contributed by atoms with E-state index >= 15 is 0 Å². The molecule has 1 heterocycles. The Hall–Kier alpha value is -1.10. The Balaban J connectivity index is 2.39. The van der Waals surface area contributed by atoms with Gasteiger partial charge in [0.25, 0.3) is 0 Å². The van der Waals surface area contributed by atoms with Crippen LogP contribution in [0.5, 0.6) is 0 Å². The first kappa shape index (κ1) is 16.0. The molecule has 1 amide bonds. The number of carbonyl (C=O) groups is 2. The second kappa shape index (κ2) is 8.15. The second-order valence-electron chi connectivity index (χ2n) is 5.70. The van der Waals surface area contributed by atoms with Gasteiger partial charge in [0.2, 0.25) is 5.91 Å². The number of nitrogens with zero attached hydrogens (tertiary/aromatic N) is 1. The minimum Gasteiger partial charge on any atom is -0.480 e. The van der Waals surface area contributed by atoms with Gasteiger partial charge in [0.1, 0.15) is 6.04 Å². The highest BCUT2D eigenvalue weighted by atomic mass is 16.4. The third kappa shape index (κ3) is 6.05. The molecule has 1 saturated heterocycles. The van der Waals surface area contributed by atoms with Gasteiger partial charge in [-0.2, -0.15) is 0 Å². The van der Waals surface area contributed by atoms with E-state index in [4.69, 9.17) is 5.11 Å². The number of hydrogen-bond acceptors (Lipinski definition) is 3. The van der Waals surface area contributed by atoms with Crippen LogP contribution in [0.25, 0.3) is 0 Å². The van der Waals surface area contributed by atoms with E-state index in [1.54, 1.807) is 0 Å². The van der Waals surface area contributed by atoms with E-state index in [1.165, 1.54) is 12.8 Å². The van der Waals surface area contributed by atoms with Crippen molar-refractivity contribution in [1.29, 1.82) is 0 Å². The summed E-state index contributed by atoms with van der Waals surface area (Å²) in [7, 11) is 0. The fraction of sp³-hybridized carbons (Fsp3) is 0.857. The molecule has 5 heteroatoms. The molecule has 0 aromatic rings. The van der Waals surface area contributed by atoms with Gasteiger partial charge in [-0.15, -0.1) is 0 Å². The summed E-state index contributed by atoms with van der Waals surface area (Å²) in [5, 5.41) is 12.0. The summed E-state index contributed by atoms with van der Waals surface area (Å²) in [6.45, 7) is 5.71. The number of carboxylic acids is 1. The molecule has 1 aliphatic heterocycles. The number of nitrogens with one attached hydrogen (secondary N) is 1. The Morgan fingerprint density at radius 3 is 2.21 bits per heavy atom. The normalized spacial score (nSPS) is 18.2. The van der Waals surface area contributed by atoms with Gasteiger partial charge in [-0.1, -0.05) is 26.7 Å². The summed E-state index contributed by atoms with van der Waals surface area (Å²) >= 11 is 0. The number of likely N-dealkylation sites (tertiary alicyclic amines) is 1. The predicted molar refractivity (Wildman–Crippen MR) is 73.9 cm³/mol. The van der Waals surface area contributed by atoms with Crippen LogP contribution in [0.3, 0.4) is 0 Å². The number of carbonyl (C=O) groups excluding carboxylic acids is 1. The molecule has 1 rings (SSSR count). The van der Waals surface area contributed by atoms with Crippen molar-refractivity contribution in [1.82, 2.24) is 10.2 Å². The van der Waals surface area contributed by atoms with Crippen molar-refractivity contribution in [2.45, 2.75) is 52.0 Å². The van der Waals surface area contributed by atoms with Gasteiger partial charge >= 0.3 is 5.97 Å². The molecule has 0 aromatic heterocycles. The van der Waals surface area contributed by atoms with Crippen LogP contribution in [-0.4, -0.2) is 47.6 Å². The summed E-state index contributed by atoms with van der Waals surface area (Å²) in [5.74, 6) is -0.559. The number of aliphatic carboxylic acids is 1. The molecule has 0 radical (unpaired) electrons. The maximum atomic E-state index is 12.0. The van der Waals surface area contributed by atoms with E-state index in [-0.39, 0.29) is 12.5 Å². The molecule has 2 N–H and O–H groups in total. The molecule has 0 aliphatic carbocycles. The van der Waals surface area contributed by atoms with E-state index in [0.29, 0.717) is 12.3 Å². The highest BCUT2D eigenvalue weighted by molar-refractivity contribution is 5.80. The van der Waals surface area contributed by atoms with Crippen molar-refractivity contribution >= 4 is 11.9 Å². The van der Waals surface area contributed by atoms with Gasteiger partial charge in [0, 0.05) is 13.1 Å². The van der Waals surface area contributed by atoms with E-state index in [1.807, 2.05) is 18.7 Å². The Bertz CT molecular complexity index is 297. The summed E-state index contributed by atoms with van der Waals surface area (Å²) in [5.41, 5.74) is 0. The third-order valence-electron chi connectivity index (χ3n) is 3.46. The van der Waals surface area contributed by atoms with Crippen molar-refractivity contribution in [2.24, 2.45) is 5.92 Å². The smallest absolute Gasteiger partial charge is 0.320 e. The predicted octanol–water partition coefficient (Wildman–Crippen LogP) is 1.48. The monoisotopic (exact) mass is 270 g/mol. The zero-order valence-corrected chi connectivity index (χ0v) is 12.0. The van der Waals surface area contributed by atoms with Crippen molar-refractivity contribution < 1.29 is 14.7 Å². The first-order chi connectivity index (χ1) is 9.00. The fourth-order valence-electron chi connectivity index (χ4n) is 2.39. The number of amides is 1. The molecule has 5 nitrogen and oxygen atoms in total. The van der Waals surface area contributed by atoms with Crippen molar-refractivity contribution in [3.8, 4) is 0 Å².